The van der Waals surface area contributed by atoms with Gasteiger partial charge in [-0.25, -0.2) is 8.78 Å². The van der Waals surface area contributed by atoms with Crippen molar-refractivity contribution < 1.29 is 23.1 Å². The molecule has 1 aromatic rings. The molecule has 4 nitrogen and oxygen atoms in total. The van der Waals surface area contributed by atoms with Crippen LogP contribution in [0.25, 0.3) is 0 Å². The fraction of sp³-hybridized carbons (Fsp3) is 0.385. The molecule has 1 aliphatic carbocycles. The van der Waals surface area contributed by atoms with Crippen LogP contribution in [0.15, 0.2) is 6.07 Å². The molecular weight excluding hydrogens is 305 g/mol. The summed E-state index contributed by atoms with van der Waals surface area (Å²) in [5.74, 6) is -7.42. The monoisotopic (exact) mass is 318 g/mol. The van der Waals surface area contributed by atoms with Crippen molar-refractivity contribution in [2.45, 2.75) is 25.3 Å². The zero-order chi connectivity index (χ0) is 15.7. The van der Waals surface area contributed by atoms with Crippen molar-refractivity contribution in [2.24, 2.45) is 11.7 Å². The molecule has 1 fully saturated rings. The Hall–Kier alpha value is -1.83. The number of aromatic hydroxyl groups is 1. The highest BCUT2D eigenvalue weighted by atomic mass is 32.1. The number of thiocarbonyl (C=S) groups is 1. The van der Waals surface area contributed by atoms with Gasteiger partial charge in [0.15, 0.2) is 17.4 Å². The summed E-state index contributed by atoms with van der Waals surface area (Å²) >= 11 is 4.89. The minimum Gasteiger partial charge on any atom is -0.503 e. The van der Waals surface area contributed by atoms with Gasteiger partial charge in [0.2, 0.25) is 5.82 Å². The Bertz CT molecular complexity index is 610. The van der Waals surface area contributed by atoms with Gasteiger partial charge in [0.25, 0.3) is 5.91 Å². The van der Waals surface area contributed by atoms with Gasteiger partial charge in [-0.05, 0) is 18.9 Å². The highest BCUT2D eigenvalue weighted by molar-refractivity contribution is 7.80. The second-order valence-electron chi connectivity index (χ2n) is 4.90. The Labute approximate surface area is 124 Å². The van der Waals surface area contributed by atoms with E-state index in [-0.39, 0.29) is 16.9 Å². The molecule has 21 heavy (non-hydrogen) atoms. The number of nitrogens with two attached hydrogens (primary N) is 1. The molecule has 0 spiro atoms. The Morgan fingerprint density at radius 1 is 1.33 bits per heavy atom. The molecule has 0 aromatic heterocycles. The van der Waals surface area contributed by atoms with E-state index in [0.29, 0.717) is 18.9 Å². The molecule has 2 atom stereocenters. The Morgan fingerprint density at radius 2 is 2.00 bits per heavy atom. The molecule has 8 heteroatoms. The van der Waals surface area contributed by atoms with Crippen molar-refractivity contribution in [2.75, 3.05) is 0 Å². The topological polar surface area (TPSA) is 75.3 Å². The predicted octanol–water partition coefficient (Wildman–Crippen LogP) is 1.99. The summed E-state index contributed by atoms with van der Waals surface area (Å²) in [4.78, 5) is 12.2. The van der Waals surface area contributed by atoms with E-state index in [1.165, 1.54) is 0 Å². The third-order valence-corrected chi connectivity index (χ3v) is 3.88. The van der Waals surface area contributed by atoms with Crippen LogP contribution >= 0.6 is 12.2 Å². The zero-order valence-electron chi connectivity index (χ0n) is 10.8. The van der Waals surface area contributed by atoms with Gasteiger partial charge in [-0.3, -0.25) is 4.79 Å². The number of phenolic OH excluding ortho intramolecular Hbond substituents is 1. The average Bonchev–Trinajstić information content (AvgIpc) is 2.88. The Kier molecular flexibility index (Phi) is 4.36. The van der Waals surface area contributed by atoms with Gasteiger partial charge in [-0.15, -0.1) is 0 Å². The molecule has 1 amide bonds. The fourth-order valence-electron chi connectivity index (χ4n) is 2.48. The maximum atomic E-state index is 13.7. The summed E-state index contributed by atoms with van der Waals surface area (Å²) in [6, 6.07) is 0.0226. The quantitative estimate of drug-likeness (QED) is 0.588. The Balaban J connectivity index is 2.23. The van der Waals surface area contributed by atoms with Gasteiger partial charge in [0.1, 0.15) is 0 Å². The van der Waals surface area contributed by atoms with Gasteiger partial charge < -0.3 is 16.2 Å². The standard InChI is InChI=1S/C13H13F3N2O2S/c14-7-4-6(9(15)11(19)10(7)16)13(20)18-8-3-1-2-5(8)12(17)21/h4-5,8,19H,1-3H2,(H2,17,21)(H,18,20). The first-order chi connectivity index (χ1) is 9.82. The van der Waals surface area contributed by atoms with E-state index in [2.05, 4.69) is 5.32 Å². The molecule has 0 radical (unpaired) electrons. The number of amides is 1. The largest absolute Gasteiger partial charge is 0.503 e. The third kappa shape index (κ3) is 2.94. The smallest absolute Gasteiger partial charge is 0.254 e. The second kappa shape index (κ2) is 5.88. The summed E-state index contributed by atoms with van der Waals surface area (Å²) in [6.45, 7) is 0. The van der Waals surface area contributed by atoms with Gasteiger partial charge >= 0.3 is 0 Å². The molecule has 2 unspecified atom stereocenters. The lowest BCUT2D eigenvalue weighted by Gasteiger charge is -2.20. The number of halogens is 3. The lowest BCUT2D eigenvalue weighted by molar-refractivity contribution is 0.0928. The fourth-order valence-corrected chi connectivity index (χ4v) is 2.76. The van der Waals surface area contributed by atoms with Crippen molar-refractivity contribution in [3.63, 3.8) is 0 Å². The van der Waals surface area contributed by atoms with Crippen LogP contribution < -0.4 is 11.1 Å². The van der Waals surface area contributed by atoms with E-state index >= 15 is 0 Å². The van der Waals surface area contributed by atoms with E-state index < -0.39 is 34.7 Å². The summed E-state index contributed by atoms with van der Waals surface area (Å²) in [6.07, 6.45) is 2.09. The maximum Gasteiger partial charge on any atom is 0.254 e. The van der Waals surface area contributed by atoms with Gasteiger partial charge in [-0.2, -0.15) is 4.39 Å². The van der Waals surface area contributed by atoms with Gasteiger partial charge in [0, 0.05) is 12.0 Å². The first kappa shape index (κ1) is 15.6. The number of rotatable bonds is 3. The summed E-state index contributed by atoms with van der Waals surface area (Å²) in [7, 11) is 0. The molecule has 114 valence electrons. The number of phenols is 1. The molecule has 1 aromatic carbocycles. The van der Waals surface area contributed by atoms with Crippen molar-refractivity contribution in [1.82, 2.24) is 5.32 Å². The van der Waals surface area contributed by atoms with Crippen LogP contribution in [0, 0.1) is 23.4 Å². The van der Waals surface area contributed by atoms with E-state index in [4.69, 9.17) is 23.1 Å². The number of benzene rings is 1. The lowest BCUT2D eigenvalue weighted by atomic mass is 10.0. The molecule has 0 aliphatic heterocycles. The number of nitrogens with one attached hydrogen (secondary N) is 1. The number of carbonyl (C=O) groups excluding carboxylic acids is 1. The van der Waals surface area contributed by atoms with Crippen molar-refractivity contribution >= 4 is 23.1 Å². The van der Waals surface area contributed by atoms with Crippen molar-refractivity contribution in [3.05, 3.63) is 29.1 Å². The summed E-state index contributed by atoms with van der Waals surface area (Å²) in [5, 5.41) is 11.6. The van der Waals surface area contributed by atoms with E-state index in [9.17, 15) is 18.0 Å². The minimum atomic E-state index is -1.73. The highest BCUT2D eigenvalue weighted by Gasteiger charge is 2.32. The second-order valence-corrected chi connectivity index (χ2v) is 5.37. The summed E-state index contributed by atoms with van der Waals surface area (Å²) < 4.78 is 39.8. The predicted molar refractivity (Wildman–Crippen MR) is 73.4 cm³/mol. The van der Waals surface area contributed by atoms with Crippen molar-refractivity contribution in [3.8, 4) is 5.75 Å². The first-order valence-electron chi connectivity index (χ1n) is 6.29. The molecule has 1 saturated carbocycles. The van der Waals surface area contributed by atoms with Crippen LogP contribution in [-0.2, 0) is 0 Å². The average molecular weight is 318 g/mol. The third-order valence-electron chi connectivity index (χ3n) is 3.58. The Morgan fingerprint density at radius 3 is 2.62 bits per heavy atom. The molecule has 0 bridgehead atoms. The van der Waals surface area contributed by atoms with Crippen LogP contribution in [0.5, 0.6) is 5.75 Å². The summed E-state index contributed by atoms with van der Waals surface area (Å²) in [5.41, 5.74) is 4.79. The number of hydrogen-bond donors (Lipinski definition) is 3. The van der Waals surface area contributed by atoms with Crippen LogP contribution in [-0.4, -0.2) is 22.0 Å². The number of hydrogen-bond acceptors (Lipinski definition) is 3. The molecule has 2 rings (SSSR count). The van der Waals surface area contributed by atoms with Crippen molar-refractivity contribution in [1.29, 1.82) is 0 Å². The van der Waals surface area contributed by atoms with Crippen LogP contribution in [0.3, 0.4) is 0 Å². The molecule has 0 heterocycles. The SMILES string of the molecule is NC(=S)C1CCCC1NC(=O)c1cc(F)c(F)c(O)c1F. The first-order valence-corrected chi connectivity index (χ1v) is 6.70. The van der Waals surface area contributed by atoms with E-state index in [1.807, 2.05) is 0 Å². The van der Waals surface area contributed by atoms with E-state index in [1.54, 1.807) is 0 Å². The molecular formula is C13H13F3N2O2S. The molecule has 1 aliphatic rings. The maximum absolute atomic E-state index is 13.7. The number of carbonyl (C=O) groups is 1. The molecule has 4 N–H and O–H groups in total. The minimum absolute atomic E-state index is 0.217. The van der Waals surface area contributed by atoms with Crippen LogP contribution in [0.1, 0.15) is 29.6 Å². The highest BCUT2D eigenvalue weighted by Crippen LogP contribution is 2.28. The van der Waals surface area contributed by atoms with Gasteiger partial charge in [-0.1, -0.05) is 18.6 Å². The molecule has 0 saturated heterocycles. The van der Waals surface area contributed by atoms with E-state index in [0.717, 1.165) is 6.42 Å². The van der Waals surface area contributed by atoms with Crippen LogP contribution in [0.4, 0.5) is 13.2 Å². The normalized spacial score (nSPS) is 21.3. The zero-order valence-corrected chi connectivity index (χ0v) is 11.6. The lowest BCUT2D eigenvalue weighted by Crippen LogP contribution is -2.42. The van der Waals surface area contributed by atoms with Crippen LogP contribution in [0.2, 0.25) is 0 Å². The van der Waals surface area contributed by atoms with Gasteiger partial charge in [0.05, 0.1) is 10.6 Å².